The minimum absolute atomic E-state index is 0.0911. The van der Waals surface area contributed by atoms with Gasteiger partial charge in [-0.3, -0.25) is 0 Å². The zero-order chi connectivity index (χ0) is 16.3. The molecule has 0 N–H and O–H groups in total. The second kappa shape index (κ2) is 6.21. The van der Waals surface area contributed by atoms with E-state index in [9.17, 15) is 13.2 Å². The van der Waals surface area contributed by atoms with Crippen molar-refractivity contribution in [1.82, 2.24) is 9.97 Å². The molecule has 0 radical (unpaired) electrons. The van der Waals surface area contributed by atoms with Crippen LogP contribution >= 0.6 is 0 Å². The summed E-state index contributed by atoms with van der Waals surface area (Å²) in [6, 6.07) is 7.49. The SMILES string of the molecule is CCOc1nc(N(C)c2ccc(C)cc2)ncc1C(F)(F)F. The van der Waals surface area contributed by atoms with Crippen molar-refractivity contribution < 1.29 is 17.9 Å². The first-order chi connectivity index (χ1) is 10.3. The Morgan fingerprint density at radius 1 is 1.18 bits per heavy atom. The molecule has 0 aliphatic carbocycles. The van der Waals surface area contributed by atoms with Gasteiger partial charge in [-0.2, -0.15) is 18.2 Å². The molecule has 0 aliphatic rings. The van der Waals surface area contributed by atoms with E-state index in [1.165, 1.54) is 0 Å². The second-order valence-corrected chi connectivity index (χ2v) is 4.71. The third-order valence-electron chi connectivity index (χ3n) is 3.05. The van der Waals surface area contributed by atoms with Crippen LogP contribution in [0.2, 0.25) is 0 Å². The van der Waals surface area contributed by atoms with Gasteiger partial charge in [0.15, 0.2) is 0 Å². The molecule has 0 spiro atoms. The van der Waals surface area contributed by atoms with Gasteiger partial charge in [0.2, 0.25) is 11.8 Å². The predicted molar refractivity (Wildman–Crippen MR) is 77.4 cm³/mol. The van der Waals surface area contributed by atoms with Gasteiger partial charge in [-0.1, -0.05) is 17.7 Å². The van der Waals surface area contributed by atoms with E-state index in [2.05, 4.69) is 9.97 Å². The van der Waals surface area contributed by atoms with Gasteiger partial charge in [-0.15, -0.1) is 0 Å². The van der Waals surface area contributed by atoms with Crippen LogP contribution in [0.3, 0.4) is 0 Å². The average molecular weight is 311 g/mol. The Morgan fingerprint density at radius 3 is 2.36 bits per heavy atom. The summed E-state index contributed by atoms with van der Waals surface area (Å²) >= 11 is 0. The van der Waals surface area contributed by atoms with Gasteiger partial charge in [-0.25, -0.2) is 4.98 Å². The van der Waals surface area contributed by atoms with Crippen LogP contribution in [0.25, 0.3) is 0 Å². The zero-order valence-electron chi connectivity index (χ0n) is 12.5. The summed E-state index contributed by atoms with van der Waals surface area (Å²) in [4.78, 5) is 9.30. The summed E-state index contributed by atoms with van der Waals surface area (Å²) < 4.78 is 43.7. The van der Waals surface area contributed by atoms with E-state index in [0.717, 1.165) is 17.4 Å². The first kappa shape index (κ1) is 16.1. The summed E-state index contributed by atoms with van der Waals surface area (Å²) in [6.45, 7) is 3.64. The van der Waals surface area contributed by atoms with Crippen molar-refractivity contribution in [3.63, 3.8) is 0 Å². The Kier molecular flexibility index (Phi) is 4.54. The highest BCUT2D eigenvalue weighted by Gasteiger charge is 2.36. The van der Waals surface area contributed by atoms with E-state index < -0.39 is 17.6 Å². The Balaban J connectivity index is 2.39. The fraction of sp³-hybridized carbons (Fsp3) is 0.333. The number of aromatic nitrogens is 2. The molecule has 0 atom stereocenters. The van der Waals surface area contributed by atoms with Gasteiger partial charge in [0, 0.05) is 18.9 Å². The van der Waals surface area contributed by atoms with Gasteiger partial charge in [0.25, 0.3) is 0 Å². The van der Waals surface area contributed by atoms with E-state index in [-0.39, 0.29) is 12.6 Å². The van der Waals surface area contributed by atoms with E-state index in [1.54, 1.807) is 18.9 Å². The van der Waals surface area contributed by atoms with E-state index in [4.69, 9.17) is 4.74 Å². The second-order valence-electron chi connectivity index (χ2n) is 4.71. The normalized spacial score (nSPS) is 11.4. The van der Waals surface area contributed by atoms with Crippen molar-refractivity contribution >= 4 is 11.6 Å². The molecule has 0 aliphatic heterocycles. The van der Waals surface area contributed by atoms with Crippen LogP contribution in [0.15, 0.2) is 30.5 Å². The van der Waals surface area contributed by atoms with Gasteiger partial charge in [-0.05, 0) is 26.0 Å². The summed E-state index contributed by atoms with van der Waals surface area (Å²) in [6.07, 6.45) is -3.80. The molecular weight excluding hydrogens is 295 g/mol. The van der Waals surface area contributed by atoms with Gasteiger partial charge in [0.05, 0.1) is 6.61 Å². The Labute approximate surface area is 126 Å². The van der Waals surface area contributed by atoms with Crippen LogP contribution in [0, 0.1) is 6.92 Å². The van der Waals surface area contributed by atoms with Crippen molar-refractivity contribution in [2.45, 2.75) is 20.0 Å². The van der Waals surface area contributed by atoms with Crippen LogP contribution in [0.1, 0.15) is 18.1 Å². The summed E-state index contributed by atoms with van der Waals surface area (Å²) in [7, 11) is 1.68. The zero-order valence-corrected chi connectivity index (χ0v) is 12.5. The fourth-order valence-corrected chi connectivity index (χ4v) is 1.84. The number of benzene rings is 1. The third-order valence-corrected chi connectivity index (χ3v) is 3.05. The molecule has 0 fully saturated rings. The highest BCUT2D eigenvalue weighted by molar-refractivity contribution is 5.57. The number of halogens is 3. The van der Waals surface area contributed by atoms with Crippen molar-refractivity contribution in [3.05, 3.63) is 41.6 Å². The molecular formula is C15H16F3N3O. The minimum atomic E-state index is -4.55. The highest BCUT2D eigenvalue weighted by atomic mass is 19.4. The molecule has 22 heavy (non-hydrogen) atoms. The van der Waals surface area contributed by atoms with Gasteiger partial charge in [0.1, 0.15) is 5.56 Å². The van der Waals surface area contributed by atoms with E-state index in [1.807, 2.05) is 31.2 Å². The molecule has 4 nitrogen and oxygen atoms in total. The van der Waals surface area contributed by atoms with Gasteiger partial charge < -0.3 is 9.64 Å². The molecule has 0 saturated heterocycles. The molecule has 1 aromatic carbocycles. The number of hydrogen-bond acceptors (Lipinski definition) is 4. The molecule has 118 valence electrons. The molecule has 7 heteroatoms. The standard InChI is InChI=1S/C15H16F3N3O/c1-4-22-13-12(15(16,17)18)9-19-14(20-13)21(3)11-7-5-10(2)6-8-11/h5-9H,4H2,1-3H3. The summed E-state index contributed by atoms with van der Waals surface area (Å²) in [5.74, 6) is -0.320. The van der Waals surface area contributed by atoms with Crippen LogP contribution in [-0.2, 0) is 6.18 Å². The Hall–Kier alpha value is -2.31. The first-order valence-corrected chi connectivity index (χ1v) is 6.70. The van der Waals surface area contributed by atoms with Crippen LogP contribution < -0.4 is 9.64 Å². The molecule has 1 aromatic heterocycles. The lowest BCUT2D eigenvalue weighted by Gasteiger charge is -2.19. The molecule has 0 unspecified atom stereocenters. The predicted octanol–water partition coefficient (Wildman–Crippen LogP) is 3.97. The fourth-order valence-electron chi connectivity index (χ4n) is 1.84. The summed E-state index contributed by atoms with van der Waals surface area (Å²) in [5.41, 5.74) is 0.878. The van der Waals surface area contributed by atoms with Crippen molar-refractivity contribution in [2.24, 2.45) is 0 Å². The number of hydrogen-bond donors (Lipinski definition) is 0. The molecule has 0 saturated carbocycles. The maximum absolute atomic E-state index is 12.9. The number of alkyl halides is 3. The number of ether oxygens (including phenoxy) is 1. The maximum Gasteiger partial charge on any atom is 0.423 e. The third kappa shape index (κ3) is 3.47. The van der Waals surface area contributed by atoms with Crippen LogP contribution in [0.5, 0.6) is 5.88 Å². The topological polar surface area (TPSA) is 38.2 Å². The number of aryl methyl sites for hydroxylation is 1. The quantitative estimate of drug-likeness (QED) is 0.856. The Morgan fingerprint density at radius 2 is 1.82 bits per heavy atom. The molecule has 1 heterocycles. The Bertz CT molecular complexity index is 641. The highest BCUT2D eigenvalue weighted by Crippen LogP contribution is 2.35. The number of nitrogens with zero attached hydrogens (tertiary/aromatic N) is 3. The van der Waals surface area contributed by atoms with Crippen molar-refractivity contribution in [3.8, 4) is 5.88 Å². The van der Waals surface area contributed by atoms with Crippen LogP contribution in [0.4, 0.5) is 24.8 Å². The lowest BCUT2D eigenvalue weighted by molar-refractivity contribution is -0.139. The lowest BCUT2D eigenvalue weighted by atomic mass is 10.2. The van der Waals surface area contributed by atoms with Crippen molar-refractivity contribution in [1.29, 1.82) is 0 Å². The van der Waals surface area contributed by atoms with Crippen molar-refractivity contribution in [2.75, 3.05) is 18.6 Å². The van der Waals surface area contributed by atoms with Crippen LogP contribution in [-0.4, -0.2) is 23.6 Å². The molecule has 2 rings (SSSR count). The lowest BCUT2D eigenvalue weighted by Crippen LogP contribution is -2.17. The maximum atomic E-state index is 12.9. The summed E-state index contributed by atoms with van der Waals surface area (Å²) in [5, 5.41) is 0. The van der Waals surface area contributed by atoms with E-state index in [0.29, 0.717) is 0 Å². The smallest absolute Gasteiger partial charge is 0.423 e. The molecule has 0 bridgehead atoms. The number of anilines is 2. The van der Waals surface area contributed by atoms with Gasteiger partial charge >= 0.3 is 6.18 Å². The number of rotatable bonds is 4. The molecule has 2 aromatic rings. The largest absolute Gasteiger partial charge is 0.477 e. The monoisotopic (exact) mass is 311 g/mol. The van der Waals surface area contributed by atoms with E-state index >= 15 is 0 Å². The molecule has 0 amide bonds. The minimum Gasteiger partial charge on any atom is -0.477 e. The first-order valence-electron chi connectivity index (χ1n) is 6.70. The average Bonchev–Trinajstić information content (AvgIpc) is 2.46.